The van der Waals surface area contributed by atoms with Gasteiger partial charge in [0, 0.05) is 9.50 Å². The molecule has 0 saturated carbocycles. The average molecular weight is 305 g/mol. The summed E-state index contributed by atoms with van der Waals surface area (Å²) in [7, 11) is 0. The third kappa shape index (κ3) is 2.39. The molecule has 1 N–H and O–H groups in total. The molecule has 0 bridgehead atoms. The van der Waals surface area contributed by atoms with E-state index in [1.54, 1.807) is 6.07 Å². The summed E-state index contributed by atoms with van der Waals surface area (Å²) in [5.41, 5.74) is 0.419. The Hall–Kier alpha value is -0.580. The topological polar surface area (TPSA) is 38.3 Å². The first-order valence-electron chi connectivity index (χ1n) is 4.85. The van der Waals surface area contributed by atoms with Gasteiger partial charge in [0.15, 0.2) is 0 Å². The van der Waals surface area contributed by atoms with Gasteiger partial charge in [-0.3, -0.25) is 4.79 Å². The summed E-state index contributed by atoms with van der Waals surface area (Å²) >= 11 is 9.37. The van der Waals surface area contributed by atoms with E-state index in [0.29, 0.717) is 11.6 Å². The van der Waals surface area contributed by atoms with E-state index in [1.807, 2.05) is 19.1 Å². The van der Waals surface area contributed by atoms with Crippen LogP contribution in [0.5, 0.6) is 0 Å². The Labute approximate surface area is 107 Å². The summed E-state index contributed by atoms with van der Waals surface area (Å²) in [5.74, 6) is -0.107. The second kappa shape index (κ2) is 4.35. The third-order valence-electron chi connectivity index (χ3n) is 2.54. The molecule has 1 atom stereocenters. The second-order valence-corrected chi connectivity index (χ2v) is 5.38. The van der Waals surface area contributed by atoms with E-state index in [1.165, 1.54) is 0 Å². The van der Waals surface area contributed by atoms with Crippen LogP contribution in [-0.4, -0.2) is 19.1 Å². The Morgan fingerprint density at radius 3 is 2.88 bits per heavy atom. The van der Waals surface area contributed by atoms with Crippen LogP contribution in [0, 0.1) is 0 Å². The number of halogens is 2. The van der Waals surface area contributed by atoms with Crippen LogP contribution < -0.4 is 5.32 Å². The lowest BCUT2D eigenvalue weighted by atomic mass is 9.92. The van der Waals surface area contributed by atoms with Crippen LogP contribution in [0.3, 0.4) is 0 Å². The van der Waals surface area contributed by atoms with Gasteiger partial charge in [0.1, 0.15) is 6.61 Å². The molecular weight excluding hydrogens is 293 g/mol. The van der Waals surface area contributed by atoms with Crippen LogP contribution in [0.1, 0.15) is 12.5 Å². The molecule has 2 rings (SSSR count). The maximum absolute atomic E-state index is 11.3. The maximum atomic E-state index is 11.3. The lowest BCUT2D eigenvalue weighted by Crippen LogP contribution is -2.52. The largest absolute Gasteiger partial charge is 0.369 e. The fourth-order valence-electron chi connectivity index (χ4n) is 1.76. The second-order valence-electron chi connectivity index (χ2n) is 4.03. The Kier molecular flexibility index (Phi) is 3.24. The number of carbonyl (C=O) groups is 1. The maximum Gasteiger partial charge on any atom is 0.246 e. The molecule has 0 spiro atoms. The summed E-state index contributed by atoms with van der Waals surface area (Å²) in [6.07, 6.45) is 0. The normalized spacial score (nSPS) is 25.3. The molecule has 0 radical (unpaired) electrons. The monoisotopic (exact) mass is 303 g/mol. The van der Waals surface area contributed by atoms with Crippen molar-refractivity contribution in [3.05, 3.63) is 33.3 Å². The van der Waals surface area contributed by atoms with Crippen LogP contribution in [0.25, 0.3) is 0 Å². The van der Waals surface area contributed by atoms with Crippen LogP contribution in [-0.2, 0) is 15.1 Å². The van der Waals surface area contributed by atoms with E-state index < -0.39 is 5.54 Å². The van der Waals surface area contributed by atoms with Gasteiger partial charge in [-0.25, -0.2) is 0 Å². The van der Waals surface area contributed by atoms with Gasteiger partial charge in [-0.2, -0.15) is 0 Å². The first kappa shape index (κ1) is 11.9. The zero-order valence-corrected chi connectivity index (χ0v) is 11.1. The first-order chi connectivity index (χ1) is 7.49. The molecule has 1 aliphatic heterocycles. The molecule has 1 heterocycles. The zero-order chi connectivity index (χ0) is 11.8. The van der Waals surface area contributed by atoms with Crippen LogP contribution in [0.2, 0.25) is 5.02 Å². The Morgan fingerprint density at radius 2 is 2.25 bits per heavy atom. The van der Waals surface area contributed by atoms with Gasteiger partial charge in [-0.15, -0.1) is 0 Å². The molecule has 1 aromatic carbocycles. The molecular formula is C11H11BrClNO2. The van der Waals surface area contributed by atoms with Gasteiger partial charge in [0.2, 0.25) is 5.91 Å². The molecule has 1 amide bonds. The Balaban J connectivity index is 2.37. The van der Waals surface area contributed by atoms with Crippen molar-refractivity contribution in [3.8, 4) is 0 Å². The van der Waals surface area contributed by atoms with Crippen molar-refractivity contribution in [1.29, 1.82) is 0 Å². The van der Waals surface area contributed by atoms with E-state index >= 15 is 0 Å². The predicted molar refractivity (Wildman–Crippen MR) is 65.5 cm³/mol. The highest BCUT2D eigenvalue weighted by Crippen LogP contribution is 2.29. The van der Waals surface area contributed by atoms with E-state index in [2.05, 4.69) is 21.2 Å². The molecule has 3 nitrogen and oxygen atoms in total. The smallest absolute Gasteiger partial charge is 0.246 e. The standard InChI is InChI=1S/C11H11BrClNO2/c1-11(6-16-5-10(15)14-11)7-2-8(12)4-9(13)3-7/h2-4H,5-6H2,1H3,(H,14,15). The van der Waals surface area contributed by atoms with Gasteiger partial charge in [0.05, 0.1) is 12.1 Å². The van der Waals surface area contributed by atoms with Crippen molar-refractivity contribution in [2.45, 2.75) is 12.5 Å². The molecule has 1 saturated heterocycles. The molecule has 1 aliphatic rings. The van der Waals surface area contributed by atoms with E-state index in [9.17, 15) is 4.79 Å². The number of rotatable bonds is 1. The molecule has 16 heavy (non-hydrogen) atoms. The number of nitrogens with one attached hydrogen (secondary N) is 1. The summed E-state index contributed by atoms with van der Waals surface area (Å²) < 4.78 is 6.15. The van der Waals surface area contributed by atoms with Gasteiger partial charge in [0.25, 0.3) is 0 Å². The molecule has 0 aromatic heterocycles. The summed E-state index contributed by atoms with van der Waals surface area (Å²) in [4.78, 5) is 11.3. The third-order valence-corrected chi connectivity index (χ3v) is 3.21. The predicted octanol–water partition coefficient (Wildman–Crippen LogP) is 2.46. The van der Waals surface area contributed by atoms with Crippen molar-refractivity contribution >= 4 is 33.4 Å². The van der Waals surface area contributed by atoms with Crippen molar-refractivity contribution < 1.29 is 9.53 Å². The quantitative estimate of drug-likeness (QED) is 0.865. The fraction of sp³-hybridized carbons (Fsp3) is 0.364. The number of hydrogen-bond acceptors (Lipinski definition) is 2. The van der Waals surface area contributed by atoms with Gasteiger partial charge < -0.3 is 10.1 Å². The highest BCUT2D eigenvalue weighted by molar-refractivity contribution is 9.10. The van der Waals surface area contributed by atoms with Crippen LogP contribution in [0.4, 0.5) is 0 Å². The number of ether oxygens (including phenoxy) is 1. The molecule has 1 unspecified atom stereocenters. The van der Waals surface area contributed by atoms with Crippen LogP contribution >= 0.6 is 27.5 Å². The Bertz CT molecular complexity index is 418. The summed E-state index contributed by atoms with van der Waals surface area (Å²) in [6, 6.07) is 5.57. The summed E-state index contributed by atoms with van der Waals surface area (Å²) in [5, 5.41) is 3.55. The summed E-state index contributed by atoms with van der Waals surface area (Å²) in [6.45, 7) is 2.49. The van der Waals surface area contributed by atoms with Crippen molar-refractivity contribution in [3.63, 3.8) is 0 Å². The minimum Gasteiger partial charge on any atom is -0.369 e. The number of amides is 1. The minimum atomic E-state index is -0.511. The Morgan fingerprint density at radius 1 is 1.50 bits per heavy atom. The van der Waals surface area contributed by atoms with Crippen LogP contribution in [0.15, 0.2) is 22.7 Å². The SMILES string of the molecule is CC1(c2cc(Cl)cc(Br)c2)COCC(=O)N1. The fourth-order valence-corrected chi connectivity index (χ4v) is 2.62. The highest BCUT2D eigenvalue weighted by atomic mass is 79.9. The van der Waals surface area contributed by atoms with Gasteiger partial charge in [-0.1, -0.05) is 27.5 Å². The van der Waals surface area contributed by atoms with Crippen molar-refractivity contribution in [1.82, 2.24) is 5.32 Å². The van der Waals surface area contributed by atoms with E-state index in [0.717, 1.165) is 10.0 Å². The lowest BCUT2D eigenvalue weighted by molar-refractivity contribution is -0.135. The van der Waals surface area contributed by atoms with Gasteiger partial charge in [-0.05, 0) is 30.7 Å². The lowest BCUT2D eigenvalue weighted by Gasteiger charge is -2.35. The highest BCUT2D eigenvalue weighted by Gasteiger charge is 2.33. The van der Waals surface area contributed by atoms with Crippen molar-refractivity contribution in [2.75, 3.05) is 13.2 Å². The minimum absolute atomic E-state index is 0.107. The number of morpholine rings is 1. The molecule has 1 aromatic rings. The van der Waals surface area contributed by atoms with Gasteiger partial charge >= 0.3 is 0 Å². The number of benzene rings is 1. The molecule has 86 valence electrons. The van der Waals surface area contributed by atoms with Crippen molar-refractivity contribution in [2.24, 2.45) is 0 Å². The molecule has 1 fully saturated rings. The van der Waals surface area contributed by atoms with E-state index in [-0.39, 0.29) is 12.5 Å². The van der Waals surface area contributed by atoms with E-state index in [4.69, 9.17) is 16.3 Å². The first-order valence-corrected chi connectivity index (χ1v) is 6.02. The zero-order valence-electron chi connectivity index (χ0n) is 8.72. The number of hydrogen-bond donors (Lipinski definition) is 1. The molecule has 5 heteroatoms. The molecule has 0 aliphatic carbocycles. The number of carbonyl (C=O) groups excluding carboxylic acids is 1. The average Bonchev–Trinajstić information content (AvgIpc) is 2.15.